The molecule has 2 saturated heterocycles. The summed E-state index contributed by atoms with van der Waals surface area (Å²) in [5.41, 5.74) is -1.82. The van der Waals surface area contributed by atoms with Crippen LogP contribution in [0, 0.1) is 5.41 Å². The minimum atomic E-state index is -4.42. The van der Waals surface area contributed by atoms with Gasteiger partial charge in [0.15, 0.2) is 0 Å². The van der Waals surface area contributed by atoms with Crippen molar-refractivity contribution in [2.24, 2.45) is 5.41 Å². The molecule has 1 aliphatic carbocycles. The van der Waals surface area contributed by atoms with Crippen LogP contribution in [0.4, 0.5) is 23.8 Å². The number of aromatic nitrogens is 1. The number of likely N-dealkylation sites (tertiary alicyclic amines) is 1. The van der Waals surface area contributed by atoms with Gasteiger partial charge in [-0.05, 0) is 77.8 Å². The third-order valence-electron chi connectivity index (χ3n) is 7.38. The third kappa shape index (κ3) is 5.83. The molecule has 0 bridgehead atoms. The van der Waals surface area contributed by atoms with Crippen LogP contribution in [0.15, 0.2) is 18.3 Å². The van der Waals surface area contributed by atoms with Crippen LogP contribution in [0.3, 0.4) is 0 Å². The van der Waals surface area contributed by atoms with Gasteiger partial charge in [0, 0.05) is 37.9 Å². The maximum absolute atomic E-state index is 13.6. The van der Waals surface area contributed by atoms with E-state index in [1.807, 2.05) is 30.6 Å². The Hall–Kier alpha value is -2.52. The molecule has 0 unspecified atom stereocenters. The highest BCUT2D eigenvalue weighted by atomic mass is 19.4. The number of hydrogen-bond donors (Lipinski definition) is 1. The Morgan fingerprint density at radius 2 is 1.83 bits per heavy atom. The summed E-state index contributed by atoms with van der Waals surface area (Å²) in [4.78, 5) is 33.7. The van der Waals surface area contributed by atoms with Crippen LogP contribution in [0.1, 0.15) is 71.3 Å². The van der Waals surface area contributed by atoms with E-state index in [4.69, 9.17) is 4.74 Å². The van der Waals surface area contributed by atoms with Crippen LogP contribution in [-0.2, 0) is 15.7 Å². The number of nitrogens with zero attached hydrogens (tertiary/aromatic N) is 3. The van der Waals surface area contributed by atoms with Crippen molar-refractivity contribution < 1.29 is 27.5 Å². The molecule has 2 amide bonds. The van der Waals surface area contributed by atoms with Crippen molar-refractivity contribution in [3.05, 3.63) is 23.9 Å². The quantitative estimate of drug-likeness (QED) is 0.654. The highest BCUT2D eigenvalue weighted by Gasteiger charge is 2.51. The molecule has 3 fully saturated rings. The summed E-state index contributed by atoms with van der Waals surface area (Å²) in [7, 11) is 0. The van der Waals surface area contributed by atoms with Gasteiger partial charge in [-0.15, -0.1) is 0 Å². The van der Waals surface area contributed by atoms with Gasteiger partial charge in [-0.3, -0.25) is 4.79 Å². The maximum Gasteiger partial charge on any atom is 0.417 e. The molecule has 3 aliphatic rings. The van der Waals surface area contributed by atoms with Gasteiger partial charge in [0.2, 0.25) is 5.91 Å². The van der Waals surface area contributed by atoms with Crippen molar-refractivity contribution in [1.82, 2.24) is 15.2 Å². The molecule has 35 heavy (non-hydrogen) atoms. The van der Waals surface area contributed by atoms with E-state index in [0.29, 0.717) is 25.5 Å². The molecular formula is C25H35F3N4O3. The van der Waals surface area contributed by atoms with Gasteiger partial charge in [-0.25, -0.2) is 9.78 Å². The Morgan fingerprint density at radius 1 is 1.11 bits per heavy atom. The van der Waals surface area contributed by atoms with E-state index in [-0.39, 0.29) is 18.0 Å². The molecule has 10 heteroatoms. The fraction of sp³-hybridized carbons (Fsp3) is 0.720. The number of amides is 2. The number of carbonyl (C=O) groups excluding carboxylic acids is 2. The van der Waals surface area contributed by atoms with Crippen LogP contribution in [0.2, 0.25) is 0 Å². The smallest absolute Gasteiger partial charge is 0.417 e. The lowest BCUT2D eigenvalue weighted by Gasteiger charge is -2.41. The topological polar surface area (TPSA) is 74.8 Å². The first-order valence-corrected chi connectivity index (χ1v) is 12.5. The minimum absolute atomic E-state index is 0.0451. The fourth-order valence-corrected chi connectivity index (χ4v) is 5.65. The molecule has 2 aliphatic heterocycles. The van der Waals surface area contributed by atoms with Crippen molar-refractivity contribution in [3.63, 3.8) is 0 Å². The lowest BCUT2D eigenvalue weighted by molar-refractivity contribution is -0.139. The highest BCUT2D eigenvalue weighted by Crippen LogP contribution is 2.43. The predicted octanol–water partition coefficient (Wildman–Crippen LogP) is 4.76. The van der Waals surface area contributed by atoms with E-state index in [1.54, 1.807) is 0 Å². The number of anilines is 1. The molecule has 4 rings (SSSR count). The van der Waals surface area contributed by atoms with Crippen molar-refractivity contribution in [2.45, 2.75) is 89.6 Å². The number of rotatable bonds is 3. The Morgan fingerprint density at radius 3 is 2.43 bits per heavy atom. The van der Waals surface area contributed by atoms with Crippen LogP contribution >= 0.6 is 0 Å². The second-order valence-corrected chi connectivity index (χ2v) is 11.1. The number of nitrogens with one attached hydrogen (secondary N) is 1. The van der Waals surface area contributed by atoms with Gasteiger partial charge in [-0.2, -0.15) is 13.2 Å². The molecule has 0 radical (unpaired) electrons. The number of halogens is 3. The molecule has 1 atom stereocenters. The largest absolute Gasteiger partial charge is 0.444 e. The van der Waals surface area contributed by atoms with Gasteiger partial charge >= 0.3 is 12.3 Å². The molecule has 0 aromatic carbocycles. The average molecular weight is 497 g/mol. The molecule has 1 aromatic heterocycles. The number of carbonyl (C=O) groups is 2. The van der Waals surface area contributed by atoms with Gasteiger partial charge in [0.25, 0.3) is 0 Å². The maximum atomic E-state index is 13.6. The summed E-state index contributed by atoms with van der Waals surface area (Å²) in [5, 5.41) is 2.94. The van der Waals surface area contributed by atoms with Crippen molar-refractivity contribution in [2.75, 3.05) is 24.5 Å². The normalized spacial score (nSPS) is 27.9. The number of piperidine rings is 1. The Balaban J connectivity index is 1.34. The number of pyridine rings is 1. The molecule has 1 spiro atoms. The van der Waals surface area contributed by atoms with Crippen LogP contribution in [0.25, 0.3) is 0 Å². The molecule has 1 saturated carbocycles. The lowest BCUT2D eigenvalue weighted by Crippen LogP contribution is -2.51. The summed E-state index contributed by atoms with van der Waals surface area (Å²) in [6, 6.07) is 2.65. The zero-order valence-electron chi connectivity index (χ0n) is 20.7. The molecule has 1 N–H and O–H groups in total. The van der Waals surface area contributed by atoms with E-state index < -0.39 is 28.8 Å². The second-order valence-electron chi connectivity index (χ2n) is 11.1. The van der Waals surface area contributed by atoms with Crippen LogP contribution in [-0.4, -0.2) is 59.2 Å². The number of ether oxygens (including phenoxy) is 1. The summed E-state index contributed by atoms with van der Waals surface area (Å²) >= 11 is 0. The van der Waals surface area contributed by atoms with Crippen molar-refractivity contribution >= 4 is 17.8 Å². The molecule has 194 valence electrons. The monoisotopic (exact) mass is 496 g/mol. The summed E-state index contributed by atoms with van der Waals surface area (Å²) < 4.78 is 44.0. The lowest BCUT2D eigenvalue weighted by atomic mass is 9.78. The Kier molecular flexibility index (Phi) is 6.94. The zero-order valence-corrected chi connectivity index (χ0v) is 20.7. The summed E-state index contributed by atoms with van der Waals surface area (Å²) in [6.07, 6.45) is 1.62. The molecule has 3 heterocycles. The van der Waals surface area contributed by atoms with Crippen molar-refractivity contribution in [3.8, 4) is 0 Å². The number of alkyl halides is 3. The summed E-state index contributed by atoms with van der Waals surface area (Å²) in [5.74, 6) is 0.634. The molecule has 1 aromatic rings. The Bertz CT molecular complexity index is 923. The molecular weight excluding hydrogens is 461 g/mol. The van der Waals surface area contributed by atoms with E-state index in [0.717, 1.165) is 57.2 Å². The van der Waals surface area contributed by atoms with Crippen LogP contribution < -0.4 is 10.2 Å². The number of hydrogen-bond acceptors (Lipinski definition) is 5. The first-order chi connectivity index (χ1) is 16.4. The van der Waals surface area contributed by atoms with E-state index in [9.17, 15) is 22.8 Å². The zero-order chi connectivity index (χ0) is 25.4. The van der Waals surface area contributed by atoms with Gasteiger partial charge in [0.1, 0.15) is 11.4 Å². The summed E-state index contributed by atoms with van der Waals surface area (Å²) in [6.45, 7) is 7.35. The second kappa shape index (κ2) is 9.50. The van der Waals surface area contributed by atoms with E-state index >= 15 is 0 Å². The van der Waals surface area contributed by atoms with Gasteiger partial charge in [-0.1, -0.05) is 0 Å². The first-order valence-electron chi connectivity index (χ1n) is 12.5. The third-order valence-corrected chi connectivity index (χ3v) is 7.38. The van der Waals surface area contributed by atoms with Crippen molar-refractivity contribution in [1.29, 1.82) is 0 Å². The fourth-order valence-electron chi connectivity index (χ4n) is 5.65. The number of alkyl carbamates (subject to hydrolysis) is 1. The Labute approximate surface area is 204 Å². The first kappa shape index (κ1) is 25.6. The highest BCUT2D eigenvalue weighted by molar-refractivity contribution is 5.86. The van der Waals surface area contributed by atoms with Gasteiger partial charge < -0.3 is 19.9 Å². The van der Waals surface area contributed by atoms with Gasteiger partial charge in [0.05, 0.1) is 11.0 Å². The predicted molar refractivity (Wildman–Crippen MR) is 125 cm³/mol. The van der Waals surface area contributed by atoms with E-state index in [1.165, 1.54) is 6.07 Å². The minimum Gasteiger partial charge on any atom is -0.444 e. The van der Waals surface area contributed by atoms with E-state index in [2.05, 4.69) is 10.3 Å². The molecule has 7 nitrogen and oxygen atoms in total. The SMILES string of the molecule is CC(C)(C)OC(=O)NC1CCC(N2CC[C@@]3(CCCN(c4ccc(C(F)(F)F)cn4)C3)C2=O)CC1. The van der Waals surface area contributed by atoms with Crippen LogP contribution in [0.5, 0.6) is 0 Å². The average Bonchev–Trinajstić information content (AvgIpc) is 3.08. The standard InChI is InChI=1S/C25H35F3N4O3/c1-23(2,3)35-22(34)30-18-6-8-19(9-7-18)32-14-12-24(21(32)33)11-4-13-31(16-24)20-10-5-17(15-29-20)25(26,27)28/h5,10,15,18-19H,4,6-9,11-14,16H2,1-3H3,(H,30,34)/t18?,19?,24-/m1/s1.